The summed E-state index contributed by atoms with van der Waals surface area (Å²) in [6, 6.07) is 5.15. The lowest BCUT2D eigenvalue weighted by molar-refractivity contribution is 0.198. The lowest BCUT2D eigenvalue weighted by Crippen LogP contribution is -2.36. The maximum atomic E-state index is 13.1. The van der Waals surface area contributed by atoms with E-state index in [2.05, 4.69) is 18.7 Å². The zero-order chi connectivity index (χ0) is 12.6. The summed E-state index contributed by atoms with van der Waals surface area (Å²) < 4.78 is 13.1. The van der Waals surface area contributed by atoms with Gasteiger partial charge in [0.15, 0.2) is 0 Å². The number of benzene rings is 1. The van der Waals surface area contributed by atoms with Crippen LogP contribution in [-0.4, -0.2) is 23.5 Å². The summed E-state index contributed by atoms with van der Waals surface area (Å²) >= 11 is 6.12. The molecule has 2 atom stereocenters. The van der Waals surface area contributed by atoms with Crippen molar-refractivity contribution in [3.05, 3.63) is 34.6 Å². The smallest absolute Gasteiger partial charge is 0.124 e. The van der Waals surface area contributed by atoms with Crippen LogP contribution >= 0.6 is 11.6 Å². The molecule has 1 fully saturated rings. The summed E-state index contributed by atoms with van der Waals surface area (Å²) in [6.07, 6.45) is 0.955. The average molecular weight is 257 g/mol. The van der Waals surface area contributed by atoms with Crippen molar-refractivity contribution in [3.63, 3.8) is 0 Å². The van der Waals surface area contributed by atoms with Gasteiger partial charge >= 0.3 is 0 Å². The number of halogens is 2. The van der Waals surface area contributed by atoms with Gasteiger partial charge in [0, 0.05) is 23.7 Å². The quantitative estimate of drug-likeness (QED) is 0.882. The van der Waals surface area contributed by atoms with Gasteiger partial charge in [-0.2, -0.15) is 0 Å². The number of hydrogen-bond acceptors (Lipinski definition) is 2. The fourth-order valence-corrected chi connectivity index (χ4v) is 2.85. The van der Waals surface area contributed by atoms with Crippen molar-refractivity contribution in [2.24, 2.45) is 5.73 Å². The summed E-state index contributed by atoms with van der Waals surface area (Å²) in [5.74, 6) is -0.304. The Hall–Kier alpha value is -0.640. The van der Waals surface area contributed by atoms with E-state index < -0.39 is 0 Å². The number of hydrogen-bond donors (Lipinski definition) is 1. The SMILES string of the molecule is CC(C)N1CCC(N)C1c1ccc(F)cc1Cl. The first-order valence-electron chi connectivity index (χ1n) is 5.97. The highest BCUT2D eigenvalue weighted by molar-refractivity contribution is 6.31. The van der Waals surface area contributed by atoms with Crippen LogP contribution in [0, 0.1) is 5.82 Å². The Kier molecular flexibility index (Phi) is 3.71. The van der Waals surface area contributed by atoms with Gasteiger partial charge in [0.1, 0.15) is 5.82 Å². The van der Waals surface area contributed by atoms with Gasteiger partial charge in [-0.3, -0.25) is 4.90 Å². The molecule has 0 aliphatic carbocycles. The van der Waals surface area contributed by atoms with Crippen LogP contribution in [0.25, 0.3) is 0 Å². The zero-order valence-corrected chi connectivity index (χ0v) is 10.9. The normalized spacial score (nSPS) is 25.8. The van der Waals surface area contributed by atoms with Crippen LogP contribution in [0.4, 0.5) is 4.39 Å². The molecule has 94 valence electrons. The molecule has 4 heteroatoms. The van der Waals surface area contributed by atoms with Crippen molar-refractivity contribution >= 4 is 11.6 Å². The van der Waals surface area contributed by atoms with E-state index in [1.54, 1.807) is 6.07 Å². The molecule has 2 N–H and O–H groups in total. The lowest BCUT2D eigenvalue weighted by atomic mass is 10.00. The van der Waals surface area contributed by atoms with Crippen molar-refractivity contribution in [2.45, 2.75) is 38.4 Å². The highest BCUT2D eigenvalue weighted by Crippen LogP contribution is 2.36. The molecule has 0 bridgehead atoms. The summed E-state index contributed by atoms with van der Waals surface area (Å²) in [5, 5.41) is 0.470. The fraction of sp³-hybridized carbons (Fsp3) is 0.538. The Morgan fingerprint density at radius 2 is 2.18 bits per heavy atom. The number of rotatable bonds is 2. The Balaban J connectivity index is 2.36. The molecule has 2 rings (SSSR count). The molecule has 1 saturated heterocycles. The van der Waals surface area contributed by atoms with E-state index in [1.807, 2.05) is 0 Å². The molecule has 17 heavy (non-hydrogen) atoms. The molecule has 0 spiro atoms. The van der Waals surface area contributed by atoms with E-state index in [0.717, 1.165) is 18.5 Å². The third-order valence-electron chi connectivity index (χ3n) is 3.43. The minimum atomic E-state index is -0.304. The number of likely N-dealkylation sites (tertiary alicyclic amines) is 1. The molecule has 0 saturated carbocycles. The minimum Gasteiger partial charge on any atom is -0.326 e. The topological polar surface area (TPSA) is 29.3 Å². The van der Waals surface area contributed by atoms with Gasteiger partial charge in [-0.15, -0.1) is 0 Å². The highest BCUT2D eigenvalue weighted by atomic mass is 35.5. The van der Waals surface area contributed by atoms with E-state index in [9.17, 15) is 4.39 Å². The van der Waals surface area contributed by atoms with Crippen LogP contribution < -0.4 is 5.73 Å². The fourth-order valence-electron chi connectivity index (χ4n) is 2.57. The number of nitrogens with zero attached hydrogens (tertiary/aromatic N) is 1. The van der Waals surface area contributed by atoms with Gasteiger partial charge in [0.25, 0.3) is 0 Å². The third-order valence-corrected chi connectivity index (χ3v) is 3.76. The Bertz CT molecular complexity index is 408. The van der Waals surface area contributed by atoms with Gasteiger partial charge < -0.3 is 5.73 Å². The second kappa shape index (κ2) is 4.92. The third kappa shape index (κ3) is 2.46. The standard InChI is InChI=1S/C13H18ClFN2/c1-8(2)17-6-5-12(16)13(17)10-4-3-9(15)7-11(10)14/h3-4,7-8,12-13H,5-6,16H2,1-2H3. The first kappa shape index (κ1) is 12.8. The molecule has 1 aliphatic rings. The molecule has 0 amide bonds. The van der Waals surface area contributed by atoms with Crippen LogP contribution in [0.3, 0.4) is 0 Å². The van der Waals surface area contributed by atoms with Crippen LogP contribution in [0.15, 0.2) is 18.2 Å². The van der Waals surface area contributed by atoms with E-state index in [1.165, 1.54) is 12.1 Å². The molecule has 1 aromatic rings. The molecular weight excluding hydrogens is 239 g/mol. The van der Waals surface area contributed by atoms with Crippen LogP contribution in [0.5, 0.6) is 0 Å². The molecule has 2 unspecified atom stereocenters. The van der Waals surface area contributed by atoms with E-state index in [-0.39, 0.29) is 17.9 Å². The molecule has 1 aliphatic heterocycles. The summed E-state index contributed by atoms with van der Waals surface area (Å²) in [7, 11) is 0. The highest BCUT2D eigenvalue weighted by Gasteiger charge is 2.35. The van der Waals surface area contributed by atoms with Crippen molar-refractivity contribution < 1.29 is 4.39 Å². The Labute approximate surface area is 107 Å². The Morgan fingerprint density at radius 3 is 2.76 bits per heavy atom. The predicted octanol–water partition coefficient (Wildman–Crippen LogP) is 2.96. The average Bonchev–Trinajstić information content (AvgIpc) is 2.60. The van der Waals surface area contributed by atoms with Gasteiger partial charge in [-0.05, 0) is 38.0 Å². The van der Waals surface area contributed by atoms with Crippen molar-refractivity contribution in [1.29, 1.82) is 0 Å². The molecule has 1 aromatic carbocycles. The minimum absolute atomic E-state index is 0.0698. The van der Waals surface area contributed by atoms with Crippen molar-refractivity contribution in [2.75, 3.05) is 6.54 Å². The van der Waals surface area contributed by atoms with Gasteiger partial charge in [-0.25, -0.2) is 4.39 Å². The van der Waals surface area contributed by atoms with Gasteiger partial charge in [0.05, 0.1) is 6.04 Å². The molecular formula is C13H18ClFN2. The van der Waals surface area contributed by atoms with Crippen LogP contribution in [-0.2, 0) is 0 Å². The van der Waals surface area contributed by atoms with E-state index in [0.29, 0.717) is 11.1 Å². The summed E-state index contributed by atoms with van der Waals surface area (Å²) in [4.78, 5) is 2.32. The lowest BCUT2D eigenvalue weighted by Gasteiger charge is -2.31. The molecule has 0 aromatic heterocycles. The van der Waals surface area contributed by atoms with E-state index >= 15 is 0 Å². The summed E-state index contributed by atoms with van der Waals surface area (Å²) in [6.45, 7) is 5.25. The van der Waals surface area contributed by atoms with Crippen molar-refractivity contribution in [1.82, 2.24) is 4.90 Å². The predicted molar refractivity (Wildman–Crippen MR) is 68.6 cm³/mol. The van der Waals surface area contributed by atoms with Gasteiger partial charge in [-0.1, -0.05) is 17.7 Å². The molecule has 2 nitrogen and oxygen atoms in total. The number of nitrogens with two attached hydrogens (primary N) is 1. The van der Waals surface area contributed by atoms with Crippen molar-refractivity contribution in [3.8, 4) is 0 Å². The molecule has 1 heterocycles. The van der Waals surface area contributed by atoms with Crippen LogP contribution in [0.1, 0.15) is 31.9 Å². The zero-order valence-electron chi connectivity index (χ0n) is 10.2. The monoisotopic (exact) mass is 256 g/mol. The second-order valence-electron chi connectivity index (χ2n) is 4.89. The largest absolute Gasteiger partial charge is 0.326 e. The van der Waals surface area contributed by atoms with Crippen LogP contribution in [0.2, 0.25) is 5.02 Å². The summed E-state index contributed by atoms with van der Waals surface area (Å²) in [5.41, 5.74) is 7.09. The second-order valence-corrected chi connectivity index (χ2v) is 5.30. The molecule has 0 radical (unpaired) electrons. The first-order chi connectivity index (χ1) is 8.00. The first-order valence-corrected chi connectivity index (χ1v) is 6.34. The maximum absolute atomic E-state index is 13.1. The maximum Gasteiger partial charge on any atom is 0.124 e. The van der Waals surface area contributed by atoms with Gasteiger partial charge in [0.2, 0.25) is 0 Å². The Morgan fingerprint density at radius 1 is 1.47 bits per heavy atom. The van der Waals surface area contributed by atoms with E-state index in [4.69, 9.17) is 17.3 Å².